The average Bonchev–Trinajstić information content (AvgIpc) is 2.81. The molecule has 23 heavy (non-hydrogen) atoms. The van der Waals surface area contributed by atoms with E-state index in [1.165, 1.54) is 44.9 Å². The van der Waals surface area contributed by atoms with Gasteiger partial charge in [0, 0.05) is 0 Å². The minimum Gasteiger partial charge on any atom is -0.0654 e. The summed E-state index contributed by atoms with van der Waals surface area (Å²) in [5, 5.41) is 0. The Balaban J connectivity index is 1.73. The van der Waals surface area contributed by atoms with Crippen LogP contribution in [0.1, 0.15) is 88.0 Å². The van der Waals surface area contributed by atoms with Crippen molar-refractivity contribution >= 4 is 0 Å². The number of hydrogen-bond acceptors (Lipinski definition) is 0. The van der Waals surface area contributed by atoms with Crippen LogP contribution in [-0.4, -0.2) is 0 Å². The van der Waals surface area contributed by atoms with Crippen LogP contribution in [-0.2, 0) is 12.8 Å². The van der Waals surface area contributed by atoms with Crippen LogP contribution in [0.15, 0.2) is 12.1 Å². The summed E-state index contributed by atoms with van der Waals surface area (Å²) in [6.07, 6.45) is 9.60. The molecule has 3 aliphatic carbocycles. The molecular formula is C23H34. The summed E-state index contributed by atoms with van der Waals surface area (Å²) in [4.78, 5) is 0. The van der Waals surface area contributed by atoms with E-state index < -0.39 is 0 Å². The third-order valence-electron chi connectivity index (χ3n) is 7.89. The Hall–Kier alpha value is -0.780. The standard InChI is InChI=1S/C23H34/c1-6-7-8-9-16-12-15(2)19-17(13-16)14-23(5)11-10-18-20(23)21(19)22(18,3)4/h12-13,18,20-21H,6-11,14H2,1-5H3/t18-,20+,21?,23-/m0/s1. The molecule has 2 saturated carbocycles. The first-order valence-corrected chi connectivity index (χ1v) is 10.0. The summed E-state index contributed by atoms with van der Waals surface area (Å²) < 4.78 is 0. The number of fused-ring (bicyclic) bond motifs is 2. The molecule has 1 aromatic rings. The smallest absolute Gasteiger partial charge is 0.00660 e. The zero-order chi connectivity index (χ0) is 16.4. The second-order valence-electron chi connectivity index (χ2n) is 9.74. The van der Waals surface area contributed by atoms with Gasteiger partial charge in [0.05, 0.1) is 0 Å². The average molecular weight is 311 g/mol. The Morgan fingerprint density at radius 2 is 1.91 bits per heavy atom. The van der Waals surface area contributed by atoms with Crippen molar-refractivity contribution in [2.75, 3.05) is 0 Å². The number of rotatable bonds is 4. The lowest BCUT2D eigenvalue weighted by Gasteiger charge is -2.63. The van der Waals surface area contributed by atoms with Crippen molar-refractivity contribution in [1.29, 1.82) is 0 Å². The van der Waals surface area contributed by atoms with Gasteiger partial charge in [0.1, 0.15) is 0 Å². The Morgan fingerprint density at radius 1 is 1.13 bits per heavy atom. The van der Waals surface area contributed by atoms with Crippen molar-refractivity contribution in [3.8, 4) is 0 Å². The molecule has 4 rings (SSSR count). The van der Waals surface area contributed by atoms with Crippen LogP contribution in [0.4, 0.5) is 0 Å². The van der Waals surface area contributed by atoms with E-state index in [4.69, 9.17) is 0 Å². The molecule has 0 saturated heterocycles. The Labute approximate surface area is 143 Å². The maximum absolute atomic E-state index is 2.60. The van der Waals surface area contributed by atoms with Crippen LogP contribution in [0.2, 0.25) is 0 Å². The van der Waals surface area contributed by atoms with Crippen molar-refractivity contribution in [2.24, 2.45) is 22.7 Å². The van der Waals surface area contributed by atoms with Crippen LogP contribution < -0.4 is 0 Å². The molecule has 1 unspecified atom stereocenters. The third kappa shape index (κ3) is 2.09. The van der Waals surface area contributed by atoms with Crippen molar-refractivity contribution < 1.29 is 0 Å². The molecule has 0 spiro atoms. The largest absolute Gasteiger partial charge is 0.0654 e. The highest BCUT2D eigenvalue weighted by Crippen LogP contribution is 2.75. The van der Waals surface area contributed by atoms with Crippen molar-refractivity contribution in [2.45, 2.75) is 85.5 Å². The quantitative estimate of drug-likeness (QED) is 0.561. The molecule has 1 aromatic carbocycles. The van der Waals surface area contributed by atoms with Crippen LogP contribution in [0.3, 0.4) is 0 Å². The third-order valence-corrected chi connectivity index (χ3v) is 7.89. The molecule has 0 nitrogen and oxygen atoms in total. The van der Waals surface area contributed by atoms with Crippen LogP contribution in [0.5, 0.6) is 0 Å². The van der Waals surface area contributed by atoms with Gasteiger partial charge in [0.15, 0.2) is 0 Å². The summed E-state index contributed by atoms with van der Waals surface area (Å²) in [7, 11) is 0. The molecule has 0 amide bonds. The Kier molecular flexibility index (Phi) is 3.49. The van der Waals surface area contributed by atoms with Gasteiger partial charge in [-0.25, -0.2) is 0 Å². The topological polar surface area (TPSA) is 0 Å². The number of hydrogen-bond donors (Lipinski definition) is 0. The first-order chi connectivity index (χ1) is 10.9. The van der Waals surface area contributed by atoms with Gasteiger partial charge in [-0.1, -0.05) is 52.7 Å². The maximum atomic E-state index is 2.60. The van der Waals surface area contributed by atoms with Gasteiger partial charge in [0.2, 0.25) is 0 Å². The van der Waals surface area contributed by atoms with E-state index in [0.717, 1.165) is 17.8 Å². The maximum Gasteiger partial charge on any atom is -0.00660 e. The van der Waals surface area contributed by atoms with E-state index in [9.17, 15) is 0 Å². The van der Waals surface area contributed by atoms with Gasteiger partial charge in [-0.15, -0.1) is 0 Å². The highest BCUT2D eigenvalue weighted by molar-refractivity contribution is 5.48. The SMILES string of the molecule is CCCCCc1cc(C)c2c(c1)C[C@]1(C)CC[C@H]3[C@@H]1C2C3(C)C. The van der Waals surface area contributed by atoms with Gasteiger partial charge in [0.25, 0.3) is 0 Å². The molecule has 0 heteroatoms. The van der Waals surface area contributed by atoms with Gasteiger partial charge in [-0.05, 0) is 89.9 Å². The van der Waals surface area contributed by atoms with E-state index in [-0.39, 0.29) is 0 Å². The van der Waals surface area contributed by atoms with Crippen molar-refractivity contribution in [3.63, 3.8) is 0 Å². The Morgan fingerprint density at radius 3 is 2.65 bits per heavy atom. The lowest BCUT2D eigenvalue weighted by Crippen LogP contribution is -2.56. The summed E-state index contributed by atoms with van der Waals surface area (Å²) in [5.74, 6) is 2.78. The predicted octanol–water partition coefficient (Wildman–Crippen LogP) is 6.44. The summed E-state index contributed by atoms with van der Waals surface area (Å²) >= 11 is 0. The Bertz CT molecular complexity index is 623. The molecular weight excluding hydrogens is 276 g/mol. The van der Waals surface area contributed by atoms with Crippen LogP contribution in [0.25, 0.3) is 0 Å². The van der Waals surface area contributed by atoms with E-state index in [1.54, 1.807) is 22.3 Å². The molecule has 0 radical (unpaired) electrons. The van der Waals surface area contributed by atoms with E-state index in [1.807, 2.05) is 0 Å². The minimum atomic E-state index is 0.520. The fraction of sp³-hybridized carbons (Fsp3) is 0.739. The fourth-order valence-corrected chi connectivity index (χ4v) is 6.82. The van der Waals surface area contributed by atoms with E-state index >= 15 is 0 Å². The van der Waals surface area contributed by atoms with Crippen molar-refractivity contribution in [3.05, 3.63) is 34.4 Å². The zero-order valence-corrected chi connectivity index (χ0v) is 15.8. The van der Waals surface area contributed by atoms with Crippen LogP contribution >= 0.6 is 0 Å². The summed E-state index contributed by atoms with van der Waals surface area (Å²) in [6, 6.07) is 5.12. The molecule has 0 bridgehead atoms. The molecule has 2 fully saturated rings. The van der Waals surface area contributed by atoms with E-state index in [0.29, 0.717) is 10.8 Å². The second-order valence-corrected chi connectivity index (χ2v) is 9.74. The lowest BCUT2D eigenvalue weighted by atomic mass is 9.41. The monoisotopic (exact) mass is 310 g/mol. The molecule has 126 valence electrons. The van der Waals surface area contributed by atoms with E-state index in [2.05, 4.69) is 46.8 Å². The second kappa shape index (κ2) is 5.11. The van der Waals surface area contributed by atoms with Gasteiger partial charge >= 0.3 is 0 Å². The number of aryl methyl sites for hydroxylation is 2. The highest BCUT2D eigenvalue weighted by atomic mass is 14.7. The molecule has 0 N–H and O–H groups in total. The first-order valence-electron chi connectivity index (χ1n) is 10.0. The molecule has 3 aliphatic rings. The zero-order valence-electron chi connectivity index (χ0n) is 15.8. The summed E-state index contributed by atoms with van der Waals surface area (Å²) in [6.45, 7) is 12.4. The predicted molar refractivity (Wildman–Crippen MR) is 99.0 cm³/mol. The lowest BCUT2D eigenvalue weighted by molar-refractivity contribution is -0.0800. The fourth-order valence-electron chi connectivity index (χ4n) is 6.82. The first kappa shape index (κ1) is 15.7. The van der Waals surface area contributed by atoms with Gasteiger partial charge in [-0.2, -0.15) is 0 Å². The molecule has 0 heterocycles. The molecule has 0 aromatic heterocycles. The minimum absolute atomic E-state index is 0.520. The van der Waals surface area contributed by atoms with Crippen LogP contribution in [0, 0.1) is 29.6 Å². The van der Waals surface area contributed by atoms with Gasteiger partial charge in [-0.3, -0.25) is 0 Å². The number of unbranched alkanes of at least 4 members (excludes halogenated alkanes) is 2. The summed E-state index contributed by atoms with van der Waals surface area (Å²) in [5.41, 5.74) is 7.78. The number of benzene rings is 1. The molecule has 4 atom stereocenters. The highest BCUT2D eigenvalue weighted by Gasteiger charge is 2.67. The van der Waals surface area contributed by atoms with Gasteiger partial charge < -0.3 is 0 Å². The van der Waals surface area contributed by atoms with Crippen molar-refractivity contribution in [1.82, 2.24) is 0 Å². The molecule has 0 aliphatic heterocycles. The normalized spacial score (nSPS) is 36.3.